The van der Waals surface area contributed by atoms with Gasteiger partial charge in [-0.05, 0) is 38.4 Å². The van der Waals surface area contributed by atoms with Crippen LogP contribution in [-0.2, 0) is 10.2 Å². The Kier molecular flexibility index (Phi) is 7.23. The standard InChI is InChI=1S/C12H28N4O2S/c1-3-15(4-2)9-7-14-19(17,18)16-8-5-6-12(10-13)11-16/h12,14H,3-11,13H2,1-2H3. The van der Waals surface area contributed by atoms with Crippen LogP contribution in [0.25, 0.3) is 0 Å². The minimum atomic E-state index is -3.34. The SMILES string of the molecule is CCN(CC)CCNS(=O)(=O)N1CCCC(CN)C1. The van der Waals surface area contributed by atoms with E-state index in [2.05, 4.69) is 23.5 Å². The lowest BCUT2D eigenvalue weighted by Crippen LogP contribution is -2.48. The van der Waals surface area contributed by atoms with Crippen molar-refractivity contribution < 1.29 is 8.42 Å². The maximum atomic E-state index is 12.2. The van der Waals surface area contributed by atoms with Gasteiger partial charge < -0.3 is 10.6 Å². The van der Waals surface area contributed by atoms with E-state index < -0.39 is 10.2 Å². The molecule has 1 saturated heterocycles. The van der Waals surface area contributed by atoms with Gasteiger partial charge in [0.2, 0.25) is 0 Å². The maximum absolute atomic E-state index is 12.2. The van der Waals surface area contributed by atoms with Crippen LogP contribution in [0.4, 0.5) is 0 Å². The van der Waals surface area contributed by atoms with Crippen molar-refractivity contribution in [3.05, 3.63) is 0 Å². The quantitative estimate of drug-likeness (QED) is 0.651. The van der Waals surface area contributed by atoms with Crippen molar-refractivity contribution in [3.63, 3.8) is 0 Å². The monoisotopic (exact) mass is 292 g/mol. The fourth-order valence-corrected chi connectivity index (χ4v) is 3.71. The van der Waals surface area contributed by atoms with E-state index in [1.54, 1.807) is 0 Å². The third kappa shape index (κ3) is 5.35. The average molecular weight is 292 g/mol. The highest BCUT2D eigenvalue weighted by molar-refractivity contribution is 7.87. The number of nitrogens with one attached hydrogen (secondary N) is 1. The topological polar surface area (TPSA) is 78.7 Å². The maximum Gasteiger partial charge on any atom is 0.279 e. The first-order chi connectivity index (χ1) is 9.03. The predicted octanol–water partition coefficient (Wildman–Crippen LogP) is -0.167. The summed E-state index contributed by atoms with van der Waals surface area (Å²) in [4.78, 5) is 2.20. The molecule has 1 atom stereocenters. The van der Waals surface area contributed by atoms with Crippen LogP contribution in [0.15, 0.2) is 0 Å². The molecule has 0 saturated carbocycles. The van der Waals surface area contributed by atoms with E-state index >= 15 is 0 Å². The second-order valence-electron chi connectivity index (χ2n) is 5.03. The van der Waals surface area contributed by atoms with Crippen molar-refractivity contribution in [1.29, 1.82) is 0 Å². The molecule has 0 radical (unpaired) electrons. The molecule has 0 spiro atoms. The summed E-state index contributed by atoms with van der Waals surface area (Å²) in [6.07, 6.45) is 1.93. The van der Waals surface area contributed by atoms with Gasteiger partial charge in [0, 0.05) is 26.2 Å². The molecule has 1 aliphatic heterocycles. The van der Waals surface area contributed by atoms with Crippen LogP contribution in [0.3, 0.4) is 0 Å². The van der Waals surface area contributed by atoms with Crippen LogP contribution >= 0.6 is 0 Å². The van der Waals surface area contributed by atoms with E-state index in [1.165, 1.54) is 4.31 Å². The summed E-state index contributed by atoms with van der Waals surface area (Å²) in [7, 11) is -3.34. The van der Waals surface area contributed by atoms with Crippen LogP contribution in [0.2, 0.25) is 0 Å². The van der Waals surface area contributed by atoms with Gasteiger partial charge >= 0.3 is 0 Å². The summed E-state index contributed by atoms with van der Waals surface area (Å²) in [5.74, 6) is 0.299. The highest BCUT2D eigenvalue weighted by atomic mass is 32.2. The largest absolute Gasteiger partial charge is 0.330 e. The lowest BCUT2D eigenvalue weighted by Gasteiger charge is -2.31. The molecule has 0 aromatic heterocycles. The fourth-order valence-electron chi connectivity index (χ4n) is 2.40. The van der Waals surface area contributed by atoms with Gasteiger partial charge in [0.1, 0.15) is 0 Å². The van der Waals surface area contributed by atoms with Crippen molar-refractivity contribution in [1.82, 2.24) is 13.9 Å². The second-order valence-corrected chi connectivity index (χ2v) is 6.78. The van der Waals surface area contributed by atoms with E-state index in [1.807, 2.05) is 0 Å². The van der Waals surface area contributed by atoms with Gasteiger partial charge in [0.05, 0.1) is 0 Å². The number of nitrogens with two attached hydrogens (primary N) is 1. The van der Waals surface area contributed by atoms with Gasteiger partial charge in [-0.2, -0.15) is 12.7 Å². The average Bonchev–Trinajstić information content (AvgIpc) is 2.43. The molecule has 1 aliphatic rings. The van der Waals surface area contributed by atoms with E-state index in [4.69, 9.17) is 5.73 Å². The highest BCUT2D eigenvalue weighted by Gasteiger charge is 2.27. The van der Waals surface area contributed by atoms with Gasteiger partial charge in [0.15, 0.2) is 0 Å². The molecule has 0 aliphatic carbocycles. The minimum Gasteiger partial charge on any atom is -0.330 e. The minimum absolute atomic E-state index is 0.299. The molecular formula is C12H28N4O2S. The first kappa shape index (κ1) is 16.8. The summed E-state index contributed by atoms with van der Waals surface area (Å²) in [6, 6.07) is 0. The third-order valence-corrected chi connectivity index (χ3v) is 5.34. The molecule has 1 unspecified atom stereocenters. The Morgan fingerprint density at radius 2 is 2.05 bits per heavy atom. The Balaban J connectivity index is 2.42. The molecule has 6 nitrogen and oxygen atoms in total. The van der Waals surface area contributed by atoms with Crippen molar-refractivity contribution in [2.75, 3.05) is 45.8 Å². The summed E-state index contributed by atoms with van der Waals surface area (Å²) in [6.45, 7) is 8.98. The zero-order chi connectivity index (χ0) is 14.3. The molecular weight excluding hydrogens is 264 g/mol. The van der Waals surface area contributed by atoms with Gasteiger partial charge in [-0.3, -0.25) is 0 Å². The van der Waals surface area contributed by atoms with E-state index in [0.29, 0.717) is 32.1 Å². The highest BCUT2D eigenvalue weighted by Crippen LogP contribution is 2.17. The zero-order valence-corrected chi connectivity index (χ0v) is 13.0. The van der Waals surface area contributed by atoms with Crippen molar-refractivity contribution in [2.45, 2.75) is 26.7 Å². The zero-order valence-electron chi connectivity index (χ0n) is 12.1. The first-order valence-electron chi connectivity index (χ1n) is 7.20. The summed E-state index contributed by atoms with van der Waals surface area (Å²) in [5.41, 5.74) is 5.64. The number of rotatable bonds is 8. The molecule has 0 amide bonds. The molecule has 19 heavy (non-hydrogen) atoms. The van der Waals surface area contributed by atoms with Crippen LogP contribution in [-0.4, -0.2) is 63.4 Å². The van der Waals surface area contributed by atoms with Crippen molar-refractivity contribution >= 4 is 10.2 Å². The van der Waals surface area contributed by atoms with Gasteiger partial charge in [-0.25, -0.2) is 4.72 Å². The molecule has 0 bridgehead atoms. The Bertz CT molecular complexity index is 344. The van der Waals surface area contributed by atoms with Crippen LogP contribution in [0, 0.1) is 5.92 Å². The van der Waals surface area contributed by atoms with Crippen LogP contribution in [0.1, 0.15) is 26.7 Å². The Morgan fingerprint density at radius 1 is 1.37 bits per heavy atom. The van der Waals surface area contributed by atoms with E-state index in [9.17, 15) is 8.42 Å². The van der Waals surface area contributed by atoms with E-state index in [-0.39, 0.29) is 0 Å². The first-order valence-corrected chi connectivity index (χ1v) is 8.64. The van der Waals surface area contributed by atoms with Crippen molar-refractivity contribution in [3.8, 4) is 0 Å². The van der Waals surface area contributed by atoms with Gasteiger partial charge in [-0.15, -0.1) is 0 Å². The van der Waals surface area contributed by atoms with E-state index in [0.717, 1.165) is 32.5 Å². The number of piperidine rings is 1. The van der Waals surface area contributed by atoms with Crippen LogP contribution < -0.4 is 10.5 Å². The normalized spacial score (nSPS) is 22.0. The summed E-state index contributed by atoms with van der Waals surface area (Å²) < 4.78 is 28.5. The molecule has 1 heterocycles. The number of nitrogens with zero attached hydrogens (tertiary/aromatic N) is 2. The Morgan fingerprint density at radius 3 is 2.63 bits per heavy atom. The molecule has 114 valence electrons. The number of likely N-dealkylation sites (N-methyl/N-ethyl adjacent to an activating group) is 1. The lowest BCUT2D eigenvalue weighted by molar-refractivity contribution is 0.266. The summed E-state index contributed by atoms with van der Waals surface area (Å²) in [5, 5.41) is 0. The van der Waals surface area contributed by atoms with Gasteiger partial charge in [-0.1, -0.05) is 13.8 Å². The van der Waals surface area contributed by atoms with Crippen molar-refractivity contribution in [2.24, 2.45) is 11.7 Å². The molecule has 1 fully saturated rings. The predicted molar refractivity (Wildman–Crippen MR) is 78.1 cm³/mol. The molecule has 0 aromatic rings. The Hall–Kier alpha value is -0.210. The van der Waals surface area contributed by atoms with Gasteiger partial charge in [0.25, 0.3) is 10.2 Å². The molecule has 3 N–H and O–H groups in total. The number of hydrogen-bond donors (Lipinski definition) is 2. The Labute approximate surface area is 117 Å². The fraction of sp³-hybridized carbons (Fsp3) is 1.00. The third-order valence-electron chi connectivity index (χ3n) is 3.76. The molecule has 7 heteroatoms. The number of hydrogen-bond acceptors (Lipinski definition) is 4. The molecule has 0 aromatic carbocycles. The molecule has 1 rings (SSSR count). The lowest BCUT2D eigenvalue weighted by atomic mass is 10.0. The van der Waals surface area contributed by atoms with Crippen LogP contribution in [0.5, 0.6) is 0 Å². The smallest absolute Gasteiger partial charge is 0.279 e. The summed E-state index contributed by atoms with van der Waals surface area (Å²) >= 11 is 0. The second kappa shape index (κ2) is 8.16.